The van der Waals surface area contributed by atoms with Crippen LogP contribution in [0, 0.1) is 0 Å². The second kappa shape index (κ2) is 6.88. The van der Waals surface area contributed by atoms with Crippen molar-refractivity contribution >= 4 is 6.08 Å². The molecule has 0 radical (unpaired) electrons. The normalized spacial score (nSPS) is 18.8. The second-order valence-corrected chi connectivity index (χ2v) is 5.63. The number of hydrogen-bond acceptors (Lipinski definition) is 2. The van der Waals surface area contributed by atoms with E-state index in [0.29, 0.717) is 0 Å². The zero-order chi connectivity index (χ0) is 13.6. The van der Waals surface area contributed by atoms with E-state index in [1.54, 1.807) is 0 Å². The van der Waals surface area contributed by atoms with Gasteiger partial charge in [-0.1, -0.05) is 55.7 Å². The van der Waals surface area contributed by atoms with Gasteiger partial charge >= 0.3 is 0 Å². The van der Waals surface area contributed by atoms with Crippen LogP contribution in [0.5, 0.6) is 0 Å². The van der Waals surface area contributed by atoms with Crippen molar-refractivity contribution in [1.29, 1.82) is 0 Å². The first-order valence-electron chi connectivity index (χ1n) is 7.42. The summed E-state index contributed by atoms with van der Waals surface area (Å²) in [5.41, 5.74) is 7.46. The van der Waals surface area contributed by atoms with Gasteiger partial charge in [0.25, 0.3) is 0 Å². The van der Waals surface area contributed by atoms with Crippen LogP contribution in [0.1, 0.15) is 49.7 Å². The average Bonchev–Trinajstić information content (AvgIpc) is 2.44. The molecule has 1 aromatic rings. The number of nitrogens with two attached hydrogens (primary N) is 1. The molecule has 0 spiro atoms. The molecule has 0 amide bonds. The van der Waals surface area contributed by atoms with Crippen LogP contribution in [0.15, 0.2) is 30.3 Å². The Hall–Kier alpha value is -1.12. The molecule has 1 aromatic carbocycles. The van der Waals surface area contributed by atoms with Gasteiger partial charge in [-0.25, -0.2) is 0 Å². The zero-order valence-corrected chi connectivity index (χ0v) is 11.6. The van der Waals surface area contributed by atoms with Crippen molar-refractivity contribution in [2.45, 2.75) is 50.5 Å². The summed E-state index contributed by atoms with van der Waals surface area (Å²) in [6.07, 6.45) is 11.4. The van der Waals surface area contributed by atoms with E-state index in [-0.39, 0.29) is 0 Å². The van der Waals surface area contributed by atoms with Gasteiger partial charge in [-0.05, 0) is 43.4 Å². The highest BCUT2D eigenvalue weighted by molar-refractivity contribution is 5.51. The summed E-state index contributed by atoms with van der Waals surface area (Å²) in [4.78, 5) is 0. The third-order valence-electron chi connectivity index (χ3n) is 3.93. The van der Waals surface area contributed by atoms with Crippen molar-refractivity contribution in [3.05, 3.63) is 41.5 Å². The highest BCUT2D eigenvalue weighted by Gasteiger charge is 2.25. The number of hydrogen-bond donors (Lipinski definition) is 2. The lowest BCUT2D eigenvalue weighted by atomic mass is 9.84. The summed E-state index contributed by atoms with van der Waals surface area (Å²) in [6, 6.07) is 8.51. The first kappa shape index (κ1) is 14.3. The van der Waals surface area contributed by atoms with Crippen LogP contribution in [0.4, 0.5) is 0 Å². The summed E-state index contributed by atoms with van der Waals surface area (Å²) in [5, 5.41) is 10.4. The minimum atomic E-state index is -0.578. The lowest BCUT2D eigenvalue weighted by Crippen LogP contribution is -2.28. The summed E-state index contributed by atoms with van der Waals surface area (Å²) in [7, 11) is 0. The molecule has 104 valence electrons. The molecule has 19 heavy (non-hydrogen) atoms. The summed E-state index contributed by atoms with van der Waals surface area (Å²) in [6.45, 7) is 0.736. The third-order valence-corrected chi connectivity index (χ3v) is 3.93. The van der Waals surface area contributed by atoms with Gasteiger partial charge in [0.15, 0.2) is 0 Å². The van der Waals surface area contributed by atoms with Gasteiger partial charge in [0.05, 0.1) is 5.60 Å². The minimum absolute atomic E-state index is 0.578. The fourth-order valence-electron chi connectivity index (χ4n) is 2.74. The van der Waals surface area contributed by atoms with E-state index >= 15 is 0 Å². The number of aryl methyl sites for hydroxylation is 1. The van der Waals surface area contributed by atoms with Crippen LogP contribution >= 0.6 is 0 Å². The van der Waals surface area contributed by atoms with Gasteiger partial charge in [0.1, 0.15) is 0 Å². The van der Waals surface area contributed by atoms with E-state index in [2.05, 4.69) is 30.3 Å². The Balaban J connectivity index is 2.01. The molecule has 1 fully saturated rings. The van der Waals surface area contributed by atoms with E-state index in [1.807, 2.05) is 6.08 Å². The molecular weight excluding hydrogens is 234 g/mol. The van der Waals surface area contributed by atoms with Gasteiger partial charge in [0.2, 0.25) is 0 Å². The molecule has 0 aromatic heterocycles. The SMILES string of the molecule is NCCCc1cccc(/C=C/C2(O)CCCCC2)c1. The van der Waals surface area contributed by atoms with E-state index < -0.39 is 5.60 Å². The Bertz CT molecular complexity index is 419. The lowest BCUT2D eigenvalue weighted by Gasteiger charge is -2.28. The van der Waals surface area contributed by atoms with Crippen LogP contribution in [-0.4, -0.2) is 17.3 Å². The Morgan fingerprint density at radius 3 is 2.74 bits per heavy atom. The molecule has 0 heterocycles. The Labute approximate surface area is 116 Å². The molecular formula is C17H25NO. The number of benzene rings is 1. The molecule has 2 rings (SSSR count). The second-order valence-electron chi connectivity index (χ2n) is 5.63. The van der Waals surface area contributed by atoms with Crippen LogP contribution in [0.3, 0.4) is 0 Å². The van der Waals surface area contributed by atoms with E-state index in [4.69, 9.17) is 5.73 Å². The molecule has 0 aliphatic heterocycles. The van der Waals surface area contributed by atoms with Crippen molar-refractivity contribution in [2.24, 2.45) is 5.73 Å². The predicted molar refractivity (Wildman–Crippen MR) is 80.9 cm³/mol. The van der Waals surface area contributed by atoms with Gasteiger partial charge in [-0.3, -0.25) is 0 Å². The maximum atomic E-state index is 10.4. The first-order chi connectivity index (χ1) is 9.22. The van der Waals surface area contributed by atoms with Crippen molar-refractivity contribution in [3.63, 3.8) is 0 Å². The Morgan fingerprint density at radius 2 is 2.00 bits per heavy atom. The molecule has 0 atom stereocenters. The molecule has 0 saturated heterocycles. The predicted octanol–water partition coefficient (Wildman–Crippen LogP) is 3.29. The quantitative estimate of drug-likeness (QED) is 0.852. The molecule has 1 saturated carbocycles. The number of rotatable bonds is 5. The number of aliphatic hydroxyl groups is 1. The fourth-order valence-corrected chi connectivity index (χ4v) is 2.74. The molecule has 2 heteroatoms. The van der Waals surface area contributed by atoms with Crippen molar-refractivity contribution in [1.82, 2.24) is 0 Å². The highest BCUT2D eigenvalue weighted by atomic mass is 16.3. The largest absolute Gasteiger partial charge is 0.386 e. The summed E-state index contributed by atoms with van der Waals surface area (Å²) in [5.74, 6) is 0. The van der Waals surface area contributed by atoms with Crippen molar-refractivity contribution < 1.29 is 5.11 Å². The van der Waals surface area contributed by atoms with Crippen LogP contribution < -0.4 is 5.73 Å². The maximum absolute atomic E-state index is 10.4. The van der Waals surface area contributed by atoms with Gasteiger partial charge < -0.3 is 10.8 Å². The third kappa shape index (κ3) is 4.48. The van der Waals surface area contributed by atoms with Gasteiger partial charge in [-0.15, -0.1) is 0 Å². The van der Waals surface area contributed by atoms with Gasteiger partial charge in [-0.2, -0.15) is 0 Å². The standard InChI is InChI=1S/C17H25NO/c18-13-5-8-15-6-4-7-16(14-15)9-12-17(19)10-2-1-3-11-17/h4,6-7,9,12,14,19H,1-3,5,8,10-11,13,18H2/b12-9+. The lowest BCUT2D eigenvalue weighted by molar-refractivity contribution is 0.0521. The zero-order valence-electron chi connectivity index (χ0n) is 11.6. The fraction of sp³-hybridized carbons (Fsp3) is 0.529. The highest BCUT2D eigenvalue weighted by Crippen LogP contribution is 2.29. The Kier molecular flexibility index (Phi) is 5.17. The summed E-state index contributed by atoms with van der Waals surface area (Å²) < 4.78 is 0. The maximum Gasteiger partial charge on any atom is 0.0830 e. The van der Waals surface area contributed by atoms with Gasteiger partial charge in [0, 0.05) is 0 Å². The molecule has 3 N–H and O–H groups in total. The monoisotopic (exact) mass is 259 g/mol. The van der Waals surface area contributed by atoms with Crippen LogP contribution in [-0.2, 0) is 6.42 Å². The van der Waals surface area contributed by atoms with Crippen LogP contribution in [0.2, 0.25) is 0 Å². The average molecular weight is 259 g/mol. The van der Waals surface area contributed by atoms with Crippen molar-refractivity contribution in [2.75, 3.05) is 6.54 Å². The molecule has 0 unspecified atom stereocenters. The first-order valence-corrected chi connectivity index (χ1v) is 7.42. The molecule has 0 bridgehead atoms. The molecule has 2 nitrogen and oxygen atoms in total. The van der Waals surface area contributed by atoms with E-state index in [1.165, 1.54) is 17.5 Å². The van der Waals surface area contributed by atoms with Crippen LogP contribution in [0.25, 0.3) is 6.08 Å². The van der Waals surface area contributed by atoms with E-state index in [0.717, 1.165) is 45.1 Å². The smallest absolute Gasteiger partial charge is 0.0830 e. The summed E-state index contributed by atoms with van der Waals surface area (Å²) >= 11 is 0. The topological polar surface area (TPSA) is 46.2 Å². The van der Waals surface area contributed by atoms with Crippen molar-refractivity contribution in [3.8, 4) is 0 Å². The molecule has 1 aliphatic rings. The Morgan fingerprint density at radius 1 is 1.21 bits per heavy atom. The molecule has 1 aliphatic carbocycles. The minimum Gasteiger partial charge on any atom is -0.386 e. The van der Waals surface area contributed by atoms with E-state index in [9.17, 15) is 5.11 Å².